The van der Waals surface area contributed by atoms with E-state index in [1.807, 2.05) is 12.1 Å². The van der Waals surface area contributed by atoms with Crippen LogP contribution < -0.4 is 16.0 Å². The largest absolute Gasteiger partial charge is 0.397 e. The fourth-order valence-corrected chi connectivity index (χ4v) is 2.35. The third-order valence-corrected chi connectivity index (χ3v) is 3.52. The molecule has 2 rings (SSSR count). The molecule has 1 aliphatic heterocycles. The topological polar surface area (TPSA) is 54.2 Å². The monoisotopic (exact) mass is 248 g/mol. The molecule has 0 amide bonds. The molecular weight excluding hydrogens is 224 g/mol. The highest BCUT2D eigenvalue weighted by molar-refractivity contribution is 5.45. The Balaban J connectivity index is 1.81. The zero-order chi connectivity index (χ0) is 13.0. The number of piperidine rings is 1. The Morgan fingerprint density at radius 3 is 2.67 bits per heavy atom. The van der Waals surface area contributed by atoms with Crippen molar-refractivity contribution in [2.45, 2.75) is 32.7 Å². The minimum atomic E-state index is 0.585. The molecule has 1 aliphatic rings. The van der Waals surface area contributed by atoms with Gasteiger partial charge in [0, 0.05) is 19.1 Å². The average Bonchev–Trinajstić information content (AvgIpc) is 2.38. The van der Waals surface area contributed by atoms with Gasteiger partial charge in [-0.2, -0.15) is 0 Å². The standard InChI is InChI=1S/C14H24N4/c1-11(2)16-9-12-5-7-18(8-6-12)14-4-3-13(15)10-17-14/h3-4,10-12,16H,5-9,15H2,1-2H3. The second kappa shape index (κ2) is 6.05. The van der Waals surface area contributed by atoms with E-state index in [4.69, 9.17) is 5.73 Å². The van der Waals surface area contributed by atoms with E-state index >= 15 is 0 Å². The molecule has 4 nitrogen and oxygen atoms in total. The number of nitrogens with one attached hydrogen (secondary N) is 1. The first-order valence-corrected chi connectivity index (χ1v) is 6.85. The summed E-state index contributed by atoms with van der Waals surface area (Å²) in [5, 5.41) is 3.53. The van der Waals surface area contributed by atoms with Crippen LogP contribution in [0, 0.1) is 5.92 Å². The van der Waals surface area contributed by atoms with Crippen LogP contribution in [0.4, 0.5) is 11.5 Å². The van der Waals surface area contributed by atoms with Gasteiger partial charge in [-0.15, -0.1) is 0 Å². The van der Waals surface area contributed by atoms with E-state index in [0.29, 0.717) is 6.04 Å². The van der Waals surface area contributed by atoms with E-state index in [1.54, 1.807) is 6.20 Å². The van der Waals surface area contributed by atoms with Crippen molar-refractivity contribution >= 4 is 11.5 Å². The van der Waals surface area contributed by atoms with Gasteiger partial charge in [-0.3, -0.25) is 0 Å². The Kier molecular flexibility index (Phi) is 4.42. The van der Waals surface area contributed by atoms with E-state index in [0.717, 1.165) is 37.1 Å². The van der Waals surface area contributed by atoms with Crippen molar-refractivity contribution < 1.29 is 0 Å². The average molecular weight is 248 g/mol. The maximum atomic E-state index is 5.66. The number of nitrogens with zero attached hydrogens (tertiary/aromatic N) is 2. The van der Waals surface area contributed by atoms with Crippen LogP contribution in [0.3, 0.4) is 0 Å². The summed E-state index contributed by atoms with van der Waals surface area (Å²) in [4.78, 5) is 6.74. The maximum absolute atomic E-state index is 5.66. The highest BCUT2D eigenvalue weighted by atomic mass is 15.2. The minimum Gasteiger partial charge on any atom is -0.397 e. The van der Waals surface area contributed by atoms with Crippen LogP contribution in [-0.4, -0.2) is 30.7 Å². The van der Waals surface area contributed by atoms with E-state index in [9.17, 15) is 0 Å². The van der Waals surface area contributed by atoms with E-state index < -0.39 is 0 Å². The van der Waals surface area contributed by atoms with Crippen molar-refractivity contribution in [3.05, 3.63) is 18.3 Å². The molecule has 4 heteroatoms. The molecule has 0 saturated carbocycles. The zero-order valence-electron chi connectivity index (χ0n) is 11.4. The molecular formula is C14H24N4. The summed E-state index contributed by atoms with van der Waals surface area (Å²) in [6.45, 7) is 7.74. The number of aromatic nitrogens is 1. The SMILES string of the molecule is CC(C)NCC1CCN(c2ccc(N)cn2)CC1. The van der Waals surface area contributed by atoms with E-state index in [2.05, 4.69) is 29.0 Å². The number of hydrogen-bond acceptors (Lipinski definition) is 4. The van der Waals surface area contributed by atoms with Crippen LogP contribution in [0.25, 0.3) is 0 Å². The third kappa shape index (κ3) is 3.60. The number of rotatable bonds is 4. The van der Waals surface area contributed by atoms with Gasteiger partial charge in [0.15, 0.2) is 0 Å². The van der Waals surface area contributed by atoms with Gasteiger partial charge < -0.3 is 16.0 Å². The molecule has 0 bridgehead atoms. The second-order valence-corrected chi connectivity index (χ2v) is 5.44. The first kappa shape index (κ1) is 13.1. The molecule has 1 saturated heterocycles. The van der Waals surface area contributed by atoms with Gasteiger partial charge >= 0.3 is 0 Å². The molecule has 0 unspecified atom stereocenters. The maximum Gasteiger partial charge on any atom is 0.128 e. The lowest BCUT2D eigenvalue weighted by Gasteiger charge is -2.33. The van der Waals surface area contributed by atoms with Crippen molar-refractivity contribution in [3.8, 4) is 0 Å². The smallest absolute Gasteiger partial charge is 0.128 e. The van der Waals surface area contributed by atoms with Gasteiger partial charge in [-0.25, -0.2) is 4.98 Å². The normalized spacial score (nSPS) is 17.4. The summed E-state index contributed by atoms with van der Waals surface area (Å²) in [5.41, 5.74) is 6.39. The lowest BCUT2D eigenvalue weighted by molar-refractivity contribution is 0.370. The van der Waals surface area contributed by atoms with E-state index in [1.165, 1.54) is 12.8 Å². The summed E-state index contributed by atoms with van der Waals surface area (Å²) in [5.74, 6) is 1.86. The van der Waals surface area contributed by atoms with Crippen molar-refractivity contribution in [3.63, 3.8) is 0 Å². The Hall–Kier alpha value is -1.29. The Labute approximate surface area is 110 Å². The number of hydrogen-bond donors (Lipinski definition) is 2. The summed E-state index contributed by atoms with van der Waals surface area (Å²) < 4.78 is 0. The summed E-state index contributed by atoms with van der Waals surface area (Å²) in [7, 11) is 0. The van der Waals surface area contributed by atoms with Crippen molar-refractivity contribution in [1.29, 1.82) is 0 Å². The summed E-state index contributed by atoms with van der Waals surface area (Å²) in [6, 6.07) is 4.53. The third-order valence-electron chi connectivity index (χ3n) is 3.52. The predicted molar refractivity (Wildman–Crippen MR) is 76.7 cm³/mol. The first-order valence-electron chi connectivity index (χ1n) is 6.85. The number of pyridine rings is 1. The molecule has 0 spiro atoms. The lowest BCUT2D eigenvalue weighted by Crippen LogP contribution is -2.39. The first-order chi connectivity index (χ1) is 8.65. The molecule has 0 aliphatic carbocycles. The molecule has 2 heterocycles. The molecule has 3 N–H and O–H groups in total. The van der Waals surface area contributed by atoms with Crippen molar-refractivity contribution in [2.24, 2.45) is 5.92 Å². The minimum absolute atomic E-state index is 0.585. The molecule has 0 radical (unpaired) electrons. The number of anilines is 2. The number of nitrogens with two attached hydrogens (primary N) is 1. The number of nitrogen functional groups attached to an aromatic ring is 1. The molecule has 100 valence electrons. The Morgan fingerprint density at radius 1 is 1.39 bits per heavy atom. The Morgan fingerprint density at radius 2 is 2.11 bits per heavy atom. The lowest BCUT2D eigenvalue weighted by atomic mass is 9.96. The van der Waals surface area contributed by atoms with Gasteiger partial charge in [0.25, 0.3) is 0 Å². The molecule has 18 heavy (non-hydrogen) atoms. The molecule has 1 aromatic heterocycles. The van der Waals surface area contributed by atoms with Gasteiger partial charge in [0.2, 0.25) is 0 Å². The van der Waals surface area contributed by atoms with Crippen LogP contribution >= 0.6 is 0 Å². The van der Waals surface area contributed by atoms with Crippen molar-refractivity contribution in [2.75, 3.05) is 30.3 Å². The summed E-state index contributed by atoms with van der Waals surface area (Å²) in [6.07, 6.45) is 4.22. The van der Waals surface area contributed by atoms with Crippen LogP contribution in [0.2, 0.25) is 0 Å². The highest BCUT2D eigenvalue weighted by Crippen LogP contribution is 2.21. The van der Waals surface area contributed by atoms with Crippen LogP contribution in [0.15, 0.2) is 18.3 Å². The Bertz CT molecular complexity index is 353. The quantitative estimate of drug-likeness (QED) is 0.854. The van der Waals surface area contributed by atoms with E-state index in [-0.39, 0.29) is 0 Å². The predicted octanol–water partition coefficient (Wildman–Crippen LogP) is 1.88. The second-order valence-electron chi connectivity index (χ2n) is 5.44. The summed E-state index contributed by atoms with van der Waals surface area (Å²) >= 11 is 0. The molecule has 1 fully saturated rings. The van der Waals surface area contributed by atoms with Crippen molar-refractivity contribution in [1.82, 2.24) is 10.3 Å². The van der Waals surface area contributed by atoms with Gasteiger partial charge in [-0.1, -0.05) is 13.8 Å². The highest BCUT2D eigenvalue weighted by Gasteiger charge is 2.19. The van der Waals surface area contributed by atoms with Gasteiger partial charge in [-0.05, 0) is 37.4 Å². The fourth-order valence-electron chi connectivity index (χ4n) is 2.35. The zero-order valence-corrected chi connectivity index (χ0v) is 11.4. The van der Waals surface area contributed by atoms with Gasteiger partial charge in [0.1, 0.15) is 5.82 Å². The van der Waals surface area contributed by atoms with Crippen LogP contribution in [0.5, 0.6) is 0 Å². The fraction of sp³-hybridized carbons (Fsp3) is 0.643. The van der Waals surface area contributed by atoms with Gasteiger partial charge in [0.05, 0.1) is 11.9 Å². The molecule has 0 aromatic carbocycles. The molecule has 1 aromatic rings. The molecule has 0 atom stereocenters. The van der Waals surface area contributed by atoms with Crippen LogP contribution in [0.1, 0.15) is 26.7 Å². The van der Waals surface area contributed by atoms with Crippen LogP contribution in [-0.2, 0) is 0 Å².